The van der Waals surface area contributed by atoms with Crippen LogP contribution in [0.2, 0.25) is 0 Å². The van der Waals surface area contributed by atoms with E-state index in [0.717, 1.165) is 31.5 Å². The predicted molar refractivity (Wildman–Crippen MR) is 90.3 cm³/mol. The number of unbranched alkanes of at least 4 members (excludes halogenated alkanes) is 1. The average Bonchev–Trinajstić information content (AvgIpc) is 2.72. The molecule has 0 fully saturated rings. The molecule has 0 spiro atoms. The maximum atomic E-state index is 12.3. The lowest BCUT2D eigenvalue weighted by Crippen LogP contribution is -2.22. The number of aromatic nitrogens is 3. The van der Waals surface area contributed by atoms with Crippen LogP contribution in [0.5, 0.6) is 0 Å². The van der Waals surface area contributed by atoms with Crippen LogP contribution in [0.25, 0.3) is 0 Å². The number of sulfone groups is 1. The lowest BCUT2D eigenvalue weighted by Gasteiger charge is -2.15. The van der Waals surface area contributed by atoms with Gasteiger partial charge in [-0.1, -0.05) is 26.7 Å². The maximum absolute atomic E-state index is 12.3. The number of alkyl halides is 3. The van der Waals surface area contributed by atoms with Crippen LogP contribution in [0.4, 0.5) is 0 Å². The summed E-state index contributed by atoms with van der Waals surface area (Å²) in [7, 11) is -2.02. The molecule has 0 N–H and O–H groups in total. The Kier molecular flexibility index (Phi) is 6.68. The van der Waals surface area contributed by atoms with Gasteiger partial charge in [-0.15, -0.1) is 10.2 Å². The van der Waals surface area contributed by atoms with Gasteiger partial charge in [-0.25, -0.2) is 8.42 Å². The minimum atomic E-state index is -3.71. The topological polar surface area (TPSA) is 64.8 Å². The molecule has 0 bridgehead atoms. The van der Waals surface area contributed by atoms with Crippen LogP contribution in [0.15, 0.2) is 5.16 Å². The third-order valence-corrected chi connectivity index (χ3v) is 8.46. The van der Waals surface area contributed by atoms with Crippen LogP contribution >= 0.6 is 47.8 Å². The van der Waals surface area contributed by atoms with Gasteiger partial charge in [0.05, 0.1) is 0 Å². The molecule has 116 valence electrons. The Balaban J connectivity index is 3.18. The Bertz CT molecular complexity index is 552. The first-order valence-corrected chi connectivity index (χ1v) is 10.2. The highest BCUT2D eigenvalue weighted by molar-refractivity contribution is 9.42. The van der Waals surface area contributed by atoms with Crippen molar-refractivity contribution in [2.24, 2.45) is 7.05 Å². The zero-order valence-electron chi connectivity index (χ0n) is 11.6. The molecule has 1 rings (SSSR count). The van der Waals surface area contributed by atoms with Gasteiger partial charge >= 0.3 is 0 Å². The number of hydrogen-bond acceptors (Lipinski definition) is 4. The van der Waals surface area contributed by atoms with Crippen molar-refractivity contribution in [1.29, 1.82) is 0 Å². The molecule has 20 heavy (non-hydrogen) atoms. The van der Waals surface area contributed by atoms with E-state index in [-0.39, 0.29) is 11.1 Å². The molecule has 0 aliphatic rings. The normalized spacial score (nSPS) is 14.5. The quantitative estimate of drug-likeness (QED) is 0.558. The van der Waals surface area contributed by atoms with Crippen LogP contribution in [-0.4, -0.2) is 24.7 Å². The van der Waals surface area contributed by atoms with E-state index < -0.39 is 11.3 Å². The SMILES string of the molecule is CCCCC(CC)c1nnc(S(=O)(=O)C(Br)(Br)Br)n1C. The van der Waals surface area contributed by atoms with Crippen molar-refractivity contribution >= 4 is 57.6 Å². The zero-order valence-corrected chi connectivity index (χ0v) is 17.2. The standard InChI is InChI=1S/C11H18Br3N3O2S/c1-4-6-7-8(5-2)9-15-16-10(17(9)3)20(18,19)11(12,13)14/h8H,4-7H2,1-3H3. The molecule has 0 aromatic carbocycles. The number of nitrogens with zero attached hydrogens (tertiary/aromatic N) is 3. The molecule has 1 aromatic heterocycles. The first-order valence-electron chi connectivity index (χ1n) is 6.37. The molecular formula is C11H18Br3N3O2S. The van der Waals surface area contributed by atoms with E-state index in [1.165, 1.54) is 0 Å². The van der Waals surface area contributed by atoms with Crippen molar-refractivity contribution in [1.82, 2.24) is 14.8 Å². The third-order valence-electron chi connectivity index (χ3n) is 3.18. The fourth-order valence-electron chi connectivity index (χ4n) is 1.99. The molecule has 5 nitrogen and oxygen atoms in total. The van der Waals surface area contributed by atoms with Gasteiger partial charge in [0.15, 0.2) is 0 Å². The van der Waals surface area contributed by atoms with Crippen LogP contribution < -0.4 is 0 Å². The highest BCUT2D eigenvalue weighted by atomic mass is 80.0. The summed E-state index contributed by atoms with van der Waals surface area (Å²) in [5.74, 6) is 0.947. The van der Waals surface area contributed by atoms with Gasteiger partial charge in [-0.3, -0.25) is 0 Å². The predicted octanol–water partition coefficient (Wildman–Crippen LogP) is 4.07. The minimum Gasteiger partial charge on any atom is -0.305 e. The molecule has 0 saturated carbocycles. The Morgan fingerprint density at radius 2 is 1.85 bits per heavy atom. The van der Waals surface area contributed by atoms with Crippen LogP contribution in [0, 0.1) is 0 Å². The molecular weight excluding hydrogens is 478 g/mol. The average molecular weight is 496 g/mol. The maximum Gasteiger partial charge on any atom is 0.252 e. The molecule has 0 aliphatic carbocycles. The molecule has 0 aliphatic heterocycles. The second-order valence-electron chi connectivity index (χ2n) is 4.60. The van der Waals surface area contributed by atoms with Crippen LogP contribution in [0.1, 0.15) is 51.3 Å². The zero-order chi connectivity index (χ0) is 15.6. The summed E-state index contributed by atoms with van der Waals surface area (Å²) in [6.07, 6.45) is 4.09. The first kappa shape index (κ1) is 18.6. The summed E-state index contributed by atoms with van der Waals surface area (Å²) in [6, 6.07) is 0. The number of halogens is 3. The second-order valence-corrected chi connectivity index (χ2v) is 14.9. The molecule has 1 atom stereocenters. The Morgan fingerprint density at radius 3 is 2.30 bits per heavy atom. The Morgan fingerprint density at radius 1 is 1.25 bits per heavy atom. The monoisotopic (exact) mass is 493 g/mol. The van der Waals surface area contributed by atoms with E-state index in [9.17, 15) is 8.42 Å². The molecule has 0 amide bonds. The lowest BCUT2D eigenvalue weighted by atomic mass is 9.99. The van der Waals surface area contributed by atoms with Crippen molar-refractivity contribution in [2.45, 2.75) is 52.1 Å². The summed E-state index contributed by atoms with van der Waals surface area (Å²) in [6.45, 7) is 4.21. The lowest BCUT2D eigenvalue weighted by molar-refractivity contribution is 0.518. The van der Waals surface area contributed by atoms with E-state index >= 15 is 0 Å². The third kappa shape index (κ3) is 3.84. The fraction of sp³-hybridized carbons (Fsp3) is 0.818. The summed E-state index contributed by atoms with van der Waals surface area (Å²) in [5, 5.41) is 7.89. The Labute approximate surface area is 145 Å². The summed E-state index contributed by atoms with van der Waals surface area (Å²) in [5.41, 5.74) is 0. The smallest absolute Gasteiger partial charge is 0.252 e. The van der Waals surface area contributed by atoms with Gasteiger partial charge in [-0.05, 0) is 60.6 Å². The summed E-state index contributed by atoms with van der Waals surface area (Å²) in [4.78, 5) is 0. The molecule has 1 unspecified atom stereocenters. The van der Waals surface area contributed by atoms with Crippen LogP contribution in [0.3, 0.4) is 0 Å². The number of hydrogen-bond donors (Lipinski definition) is 0. The van der Waals surface area contributed by atoms with Crippen LogP contribution in [-0.2, 0) is 16.9 Å². The van der Waals surface area contributed by atoms with Crippen molar-refractivity contribution in [2.75, 3.05) is 0 Å². The summed E-state index contributed by atoms with van der Waals surface area (Å²) < 4.78 is 24.8. The van der Waals surface area contributed by atoms with Gasteiger partial charge in [-0.2, -0.15) is 0 Å². The highest BCUT2D eigenvalue weighted by Crippen LogP contribution is 2.42. The van der Waals surface area contributed by atoms with E-state index in [2.05, 4.69) is 71.8 Å². The largest absolute Gasteiger partial charge is 0.305 e. The second kappa shape index (κ2) is 7.19. The summed E-state index contributed by atoms with van der Waals surface area (Å²) >= 11 is 9.12. The fourth-order valence-corrected chi connectivity index (χ4v) is 4.10. The van der Waals surface area contributed by atoms with Gasteiger partial charge in [0.1, 0.15) is 5.82 Å². The van der Waals surface area contributed by atoms with Gasteiger partial charge in [0, 0.05) is 13.0 Å². The van der Waals surface area contributed by atoms with E-state index in [0.29, 0.717) is 0 Å². The van der Waals surface area contributed by atoms with Crippen molar-refractivity contribution in [3.8, 4) is 0 Å². The van der Waals surface area contributed by atoms with Crippen molar-refractivity contribution in [3.63, 3.8) is 0 Å². The molecule has 1 aromatic rings. The molecule has 9 heteroatoms. The van der Waals surface area contributed by atoms with Crippen molar-refractivity contribution < 1.29 is 8.42 Å². The van der Waals surface area contributed by atoms with E-state index in [1.807, 2.05) is 0 Å². The first-order chi connectivity index (χ1) is 9.16. The number of rotatable bonds is 6. The molecule has 0 saturated heterocycles. The van der Waals surface area contributed by atoms with Crippen molar-refractivity contribution in [3.05, 3.63) is 5.82 Å². The van der Waals surface area contributed by atoms with E-state index in [1.54, 1.807) is 11.6 Å². The highest BCUT2D eigenvalue weighted by Gasteiger charge is 2.41. The van der Waals surface area contributed by atoms with Gasteiger partial charge in [0.25, 0.3) is 5.16 Å². The van der Waals surface area contributed by atoms with Gasteiger partial charge in [0.2, 0.25) is 11.3 Å². The Hall–Kier alpha value is 0.530. The molecule has 1 heterocycles. The van der Waals surface area contributed by atoms with Gasteiger partial charge < -0.3 is 4.57 Å². The molecule has 0 radical (unpaired) electrons. The van der Waals surface area contributed by atoms with E-state index in [4.69, 9.17) is 0 Å². The minimum absolute atomic E-state index is 0.0620.